The van der Waals surface area contributed by atoms with Crippen molar-refractivity contribution in [3.8, 4) is 5.75 Å². The van der Waals surface area contributed by atoms with Gasteiger partial charge in [-0.25, -0.2) is 0 Å². The molecule has 1 aliphatic heterocycles. The average Bonchev–Trinajstić information content (AvgIpc) is 2.98. The van der Waals surface area contributed by atoms with E-state index in [0.717, 1.165) is 5.56 Å². The topological polar surface area (TPSA) is 83.0 Å². The summed E-state index contributed by atoms with van der Waals surface area (Å²) in [7, 11) is 3.80. The van der Waals surface area contributed by atoms with E-state index in [-0.39, 0.29) is 17.4 Å². The highest BCUT2D eigenvalue weighted by Gasteiger charge is 2.46. The first-order valence-electron chi connectivity index (χ1n) is 10.3. The third-order valence-corrected chi connectivity index (χ3v) is 5.14. The number of amides is 1. The zero-order valence-electron chi connectivity index (χ0n) is 18.6. The standard InChI is InChI=1S/C24H29N3O4/c1-15(2)31-19-9-8-17(13-16(19)3)22(28)20-21(18-7-6-10-25-14-18)27(12-11-26(4)5)24(30)23(20)29/h6-10,13-15,21,28H,11-12H2,1-5H3/b22-20-. The molecule has 2 aromatic rings. The van der Waals surface area contributed by atoms with Crippen LogP contribution in [0.3, 0.4) is 0 Å². The first-order chi connectivity index (χ1) is 14.7. The van der Waals surface area contributed by atoms with Gasteiger partial charge in [0, 0.05) is 31.0 Å². The van der Waals surface area contributed by atoms with Crippen LogP contribution in [0.25, 0.3) is 5.76 Å². The van der Waals surface area contributed by atoms with Gasteiger partial charge in [0.15, 0.2) is 0 Å². The van der Waals surface area contributed by atoms with E-state index in [4.69, 9.17) is 4.74 Å². The van der Waals surface area contributed by atoms with Crippen molar-refractivity contribution >= 4 is 17.4 Å². The molecule has 1 saturated heterocycles. The molecule has 1 unspecified atom stereocenters. The van der Waals surface area contributed by atoms with Crippen LogP contribution in [0.4, 0.5) is 0 Å². The second-order valence-corrected chi connectivity index (χ2v) is 8.23. The summed E-state index contributed by atoms with van der Waals surface area (Å²) >= 11 is 0. The number of Topliss-reactive ketones (excluding diaryl/α,β-unsaturated/α-hetero) is 1. The molecule has 7 heteroatoms. The largest absolute Gasteiger partial charge is 0.507 e. The van der Waals surface area contributed by atoms with Crippen LogP contribution in [0.1, 0.15) is 36.6 Å². The highest BCUT2D eigenvalue weighted by molar-refractivity contribution is 6.46. The summed E-state index contributed by atoms with van der Waals surface area (Å²) in [5, 5.41) is 11.1. The Hall–Kier alpha value is -3.19. The number of aryl methyl sites for hydroxylation is 1. The molecule has 0 spiro atoms. The number of likely N-dealkylation sites (N-methyl/N-ethyl adjacent to an activating group) is 1. The molecule has 164 valence electrons. The van der Waals surface area contributed by atoms with Gasteiger partial charge >= 0.3 is 0 Å². The smallest absolute Gasteiger partial charge is 0.295 e. The Kier molecular flexibility index (Phi) is 6.75. The molecule has 0 bridgehead atoms. The van der Waals surface area contributed by atoms with Gasteiger partial charge in [-0.05, 0) is 70.3 Å². The van der Waals surface area contributed by atoms with Gasteiger partial charge in [-0.2, -0.15) is 0 Å². The number of pyridine rings is 1. The van der Waals surface area contributed by atoms with Crippen molar-refractivity contribution in [2.24, 2.45) is 0 Å². The van der Waals surface area contributed by atoms with E-state index in [1.165, 1.54) is 4.90 Å². The Morgan fingerprint density at radius 3 is 2.58 bits per heavy atom. The summed E-state index contributed by atoms with van der Waals surface area (Å²) in [5.41, 5.74) is 2.05. The molecule has 0 aliphatic carbocycles. The fourth-order valence-corrected chi connectivity index (χ4v) is 3.64. The van der Waals surface area contributed by atoms with Crippen molar-refractivity contribution in [2.45, 2.75) is 32.9 Å². The monoisotopic (exact) mass is 423 g/mol. The van der Waals surface area contributed by atoms with Crippen LogP contribution in [0.15, 0.2) is 48.3 Å². The van der Waals surface area contributed by atoms with Gasteiger partial charge in [0.2, 0.25) is 0 Å². The second kappa shape index (κ2) is 9.31. The van der Waals surface area contributed by atoms with Crippen molar-refractivity contribution in [1.82, 2.24) is 14.8 Å². The summed E-state index contributed by atoms with van der Waals surface area (Å²) in [6, 6.07) is 8.11. The molecule has 1 fully saturated rings. The molecule has 2 heterocycles. The third-order valence-electron chi connectivity index (χ3n) is 5.14. The summed E-state index contributed by atoms with van der Waals surface area (Å²) in [6.07, 6.45) is 3.27. The predicted molar refractivity (Wildman–Crippen MR) is 119 cm³/mol. The maximum Gasteiger partial charge on any atom is 0.295 e. The molecule has 1 aliphatic rings. The molecule has 1 N–H and O–H groups in total. The van der Waals surface area contributed by atoms with E-state index in [1.54, 1.807) is 36.7 Å². The van der Waals surface area contributed by atoms with E-state index in [2.05, 4.69) is 4.98 Å². The summed E-state index contributed by atoms with van der Waals surface area (Å²) in [4.78, 5) is 33.4. The molecule has 0 radical (unpaired) electrons. The normalized spacial score (nSPS) is 18.3. The van der Waals surface area contributed by atoms with E-state index in [0.29, 0.717) is 30.0 Å². The van der Waals surface area contributed by atoms with Gasteiger partial charge in [0.05, 0.1) is 17.7 Å². The number of ketones is 1. The predicted octanol–water partition coefficient (Wildman–Crippen LogP) is 3.16. The molecule has 1 aromatic carbocycles. The van der Waals surface area contributed by atoms with Crippen LogP contribution in [0, 0.1) is 6.92 Å². The SMILES string of the molecule is Cc1cc(/C(O)=C2/C(=O)C(=O)N(CCN(C)C)C2c2cccnc2)ccc1OC(C)C. The highest BCUT2D eigenvalue weighted by atomic mass is 16.5. The Bertz CT molecular complexity index is 999. The minimum absolute atomic E-state index is 0.0192. The summed E-state index contributed by atoms with van der Waals surface area (Å²) in [6.45, 7) is 6.70. The molecule has 31 heavy (non-hydrogen) atoms. The number of ether oxygens (including phenoxy) is 1. The van der Waals surface area contributed by atoms with Crippen molar-refractivity contribution in [3.05, 3.63) is 65.0 Å². The van der Waals surface area contributed by atoms with Crippen LogP contribution < -0.4 is 4.74 Å². The highest BCUT2D eigenvalue weighted by Crippen LogP contribution is 2.39. The van der Waals surface area contributed by atoms with E-state index < -0.39 is 17.7 Å². The number of aliphatic hydroxyl groups is 1. The molecule has 1 amide bonds. The lowest BCUT2D eigenvalue weighted by atomic mass is 9.95. The number of nitrogens with zero attached hydrogens (tertiary/aromatic N) is 3. The number of rotatable bonds is 7. The summed E-state index contributed by atoms with van der Waals surface area (Å²) in [5.74, 6) is -0.792. The van der Waals surface area contributed by atoms with Crippen LogP contribution in [-0.2, 0) is 9.59 Å². The third kappa shape index (κ3) is 4.77. The van der Waals surface area contributed by atoms with Gasteiger partial charge in [0.1, 0.15) is 11.5 Å². The van der Waals surface area contributed by atoms with E-state index >= 15 is 0 Å². The Morgan fingerprint density at radius 1 is 1.26 bits per heavy atom. The number of aromatic nitrogens is 1. The summed E-state index contributed by atoms with van der Waals surface area (Å²) < 4.78 is 5.77. The Morgan fingerprint density at radius 2 is 2.00 bits per heavy atom. The molecule has 3 rings (SSSR count). The van der Waals surface area contributed by atoms with Crippen LogP contribution in [0.2, 0.25) is 0 Å². The number of likely N-dealkylation sites (tertiary alicyclic amines) is 1. The molecule has 1 aromatic heterocycles. The maximum atomic E-state index is 13.0. The van der Waals surface area contributed by atoms with E-state index in [1.807, 2.05) is 45.8 Å². The number of carbonyl (C=O) groups excluding carboxylic acids is 2. The molecular formula is C24H29N3O4. The number of benzene rings is 1. The Balaban J connectivity index is 2.09. The van der Waals surface area contributed by atoms with Crippen molar-refractivity contribution in [3.63, 3.8) is 0 Å². The molecule has 7 nitrogen and oxygen atoms in total. The average molecular weight is 424 g/mol. The fraction of sp³-hybridized carbons (Fsp3) is 0.375. The minimum atomic E-state index is -0.694. The number of carbonyl (C=O) groups is 2. The second-order valence-electron chi connectivity index (χ2n) is 8.23. The lowest BCUT2D eigenvalue weighted by molar-refractivity contribution is -0.140. The van der Waals surface area contributed by atoms with Gasteiger partial charge in [-0.3, -0.25) is 14.6 Å². The zero-order valence-corrected chi connectivity index (χ0v) is 18.6. The zero-order chi connectivity index (χ0) is 22.7. The minimum Gasteiger partial charge on any atom is -0.507 e. The Labute approximate surface area is 183 Å². The lowest BCUT2D eigenvalue weighted by Crippen LogP contribution is -2.35. The maximum absolute atomic E-state index is 13.0. The van der Waals surface area contributed by atoms with Crippen molar-refractivity contribution < 1.29 is 19.4 Å². The first-order valence-corrected chi connectivity index (χ1v) is 10.3. The molecule has 1 atom stereocenters. The van der Waals surface area contributed by atoms with Crippen LogP contribution >= 0.6 is 0 Å². The lowest BCUT2D eigenvalue weighted by Gasteiger charge is -2.26. The van der Waals surface area contributed by atoms with Crippen molar-refractivity contribution in [1.29, 1.82) is 0 Å². The fourth-order valence-electron chi connectivity index (χ4n) is 3.64. The van der Waals surface area contributed by atoms with Crippen molar-refractivity contribution in [2.75, 3.05) is 27.2 Å². The number of hydrogen-bond acceptors (Lipinski definition) is 6. The van der Waals surface area contributed by atoms with E-state index in [9.17, 15) is 14.7 Å². The van der Waals surface area contributed by atoms with Gasteiger partial charge < -0.3 is 19.6 Å². The van der Waals surface area contributed by atoms with Crippen LogP contribution in [-0.4, -0.2) is 64.9 Å². The molecule has 0 saturated carbocycles. The quantitative estimate of drug-likeness (QED) is 0.418. The van der Waals surface area contributed by atoms with Gasteiger partial charge in [-0.1, -0.05) is 6.07 Å². The van der Waals surface area contributed by atoms with Gasteiger partial charge in [-0.15, -0.1) is 0 Å². The first kappa shape index (κ1) is 22.5. The van der Waals surface area contributed by atoms with Gasteiger partial charge in [0.25, 0.3) is 11.7 Å². The number of hydrogen-bond donors (Lipinski definition) is 1. The number of aliphatic hydroxyl groups excluding tert-OH is 1. The molecular weight excluding hydrogens is 394 g/mol. The van der Waals surface area contributed by atoms with Crippen LogP contribution in [0.5, 0.6) is 5.75 Å².